The zero-order chi connectivity index (χ0) is 21.5. The highest BCUT2D eigenvalue weighted by molar-refractivity contribution is 14.0. The highest BCUT2D eigenvalue weighted by Gasteiger charge is 2.50. The first-order valence-electron chi connectivity index (χ1n) is 9.70. The molecule has 1 fully saturated rings. The summed E-state index contributed by atoms with van der Waals surface area (Å²) in [5.41, 5.74) is -5.24. The Morgan fingerprint density at radius 1 is 1.30 bits per heavy atom. The van der Waals surface area contributed by atoms with Gasteiger partial charge in [0, 0.05) is 39.1 Å². The van der Waals surface area contributed by atoms with Gasteiger partial charge in [-0.15, -0.1) is 24.0 Å². The SMILES string of the molecule is CC(C)CN=C(NCCc1ccco1)NCC1CCN(S(=O)(=O)C(F)(F)F)CC1.I. The molecule has 0 spiro atoms. The first-order valence-corrected chi connectivity index (χ1v) is 11.1. The van der Waals surface area contributed by atoms with E-state index in [2.05, 4.69) is 29.5 Å². The molecule has 1 aromatic rings. The number of piperidine rings is 1. The van der Waals surface area contributed by atoms with Gasteiger partial charge in [0.15, 0.2) is 5.96 Å². The van der Waals surface area contributed by atoms with Crippen LogP contribution in [0.4, 0.5) is 13.2 Å². The van der Waals surface area contributed by atoms with Crippen molar-refractivity contribution in [2.24, 2.45) is 16.8 Å². The van der Waals surface area contributed by atoms with E-state index >= 15 is 0 Å². The van der Waals surface area contributed by atoms with Crippen LogP contribution in [0.3, 0.4) is 0 Å². The summed E-state index contributed by atoms with van der Waals surface area (Å²) in [6.07, 6.45) is 3.05. The Hall–Kier alpha value is -1.02. The van der Waals surface area contributed by atoms with Crippen LogP contribution >= 0.6 is 24.0 Å². The molecule has 0 atom stereocenters. The molecule has 12 heteroatoms. The minimum absolute atomic E-state index is 0. The highest BCUT2D eigenvalue weighted by Crippen LogP contribution is 2.30. The van der Waals surface area contributed by atoms with Gasteiger partial charge in [-0.05, 0) is 36.8 Å². The standard InChI is InChI=1S/C18H29F3N4O3S.HI/c1-14(2)12-23-17(22-8-5-16-4-3-11-28-16)24-13-15-6-9-25(10-7-15)29(26,27)18(19,20)21;/h3-4,11,14-15H,5-10,12-13H2,1-2H3,(H2,22,23,24);1H. The van der Waals surface area contributed by atoms with E-state index < -0.39 is 15.5 Å². The Morgan fingerprint density at radius 2 is 1.97 bits per heavy atom. The molecule has 0 amide bonds. The van der Waals surface area contributed by atoms with E-state index in [1.54, 1.807) is 6.26 Å². The third kappa shape index (κ3) is 8.25. The lowest BCUT2D eigenvalue weighted by Gasteiger charge is -2.31. The van der Waals surface area contributed by atoms with E-state index in [0.717, 1.165) is 5.76 Å². The number of furan rings is 1. The Labute approximate surface area is 192 Å². The summed E-state index contributed by atoms with van der Waals surface area (Å²) in [4.78, 5) is 4.52. The molecule has 2 rings (SSSR count). The van der Waals surface area contributed by atoms with Gasteiger partial charge >= 0.3 is 15.5 Å². The van der Waals surface area contributed by atoms with Crippen molar-refractivity contribution in [3.05, 3.63) is 24.2 Å². The minimum Gasteiger partial charge on any atom is -0.469 e. The van der Waals surface area contributed by atoms with Crippen molar-refractivity contribution in [3.8, 4) is 0 Å². The summed E-state index contributed by atoms with van der Waals surface area (Å²) in [5.74, 6) is 1.95. The van der Waals surface area contributed by atoms with Gasteiger partial charge in [-0.1, -0.05) is 13.8 Å². The number of alkyl halides is 3. The Bertz CT molecular complexity index is 747. The molecule has 0 unspecified atom stereocenters. The molecule has 30 heavy (non-hydrogen) atoms. The molecule has 2 N–H and O–H groups in total. The summed E-state index contributed by atoms with van der Waals surface area (Å²) in [6, 6.07) is 3.72. The summed E-state index contributed by atoms with van der Waals surface area (Å²) >= 11 is 0. The van der Waals surface area contributed by atoms with Crippen LogP contribution in [0.5, 0.6) is 0 Å². The first-order chi connectivity index (χ1) is 13.6. The summed E-state index contributed by atoms with van der Waals surface area (Å²) in [5, 5.41) is 6.46. The van der Waals surface area contributed by atoms with Crippen LogP contribution in [-0.2, 0) is 16.4 Å². The fourth-order valence-electron chi connectivity index (χ4n) is 2.95. The van der Waals surface area contributed by atoms with Crippen LogP contribution in [0.15, 0.2) is 27.8 Å². The molecule has 1 aliphatic rings. The molecule has 7 nitrogen and oxygen atoms in total. The lowest BCUT2D eigenvalue weighted by Crippen LogP contribution is -2.47. The smallest absolute Gasteiger partial charge is 0.469 e. The molecular weight excluding hydrogens is 536 g/mol. The molecule has 0 aliphatic carbocycles. The zero-order valence-electron chi connectivity index (χ0n) is 17.1. The first kappa shape index (κ1) is 27.0. The number of hydrogen-bond acceptors (Lipinski definition) is 4. The number of rotatable bonds is 8. The van der Waals surface area contributed by atoms with Crippen LogP contribution in [-0.4, -0.2) is 56.9 Å². The van der Waals surface area contributed by atoms with Crippen LogP contribution < -0.4 is 10.6 Å². The van der Waals surface area contributed by atoms with Gasteiger partial charge in [-0.3, -0.25) is 4.99 Å². The second-order valence-corrected chi connectivity index (χ2v) is 9.44. The van der Waals surface area contributed by atoms with Gasteiger partial charge in [0.25, 0.3) is 0 Å². The lowest BCUT2D eigenvalue weighted by atomic mass is 9.98. The molecule has 0 bridgehead atoms. The monoisotopic (exact) mass is 566 g/mol. The maximum absolute atomic E-state index is 12.7. The van der Waals surface area contributed by atoms with E-state index in [0.29, 0.717) is 55.1 Å². The molecule has 174 valence electrons. The van der Waals surface area contributed by atoms with Crippen LogP contribution in [0.25, 0.3) is 0 Å². The summed E-state index contributed by atoms with van der Waals surface area (Å²) in [6.45, 7) is 5.64. The van der Waals surface area contributed by atoms with Crippen molar-refractivity contribution in [1.82, 2.24) is 14.9 Å². The number of aliphatic imine (C=N–C) groups is 1. The lowest BCUT2D eigenvalue weighted by molar-refractivity contribution is -0.0496. The van der Waals surface area contributed by atoms with Gasteiger partial charge in [-0.25, -0.2) is 8.42 Å². The number of hydrogen-bond donors (Lipinski definition) is 2. The molecule has 0 aromatic carbocycles. The second-order valence-electron chi connectivity index (χ2n) is 7.51. The maximum Gasteiger partial charge on any atom is 0.511 e. The molecule has 2 heterocycles. The number of halogens is 4. The molecule has 0 radical (unpaired) electrons. The van der Waals surface area contributed by atoms with Gasteiger partial charge in [0.2, 0.25) is 0 Å². The largest absolute Gasteiger partial charge is 0.511 e. The molecule has 1 aromatic heterocycles. The number of sulfonamides is 1. The van der Waals surface area contributed by atoms with Gasteiger partial charge in [0.1, 0.15) is 5.76 Å². The summed E-state index contributed by atoms with van der Waals surface area (Å²) < 4.78 is 66.8. The van der Waals surface area contributed by atoms with E-state index in [9.17, 15) is 21.6 Å². The quantitative estimate of drug-likeness (QED) is 0.287. The van der Waals surface area contributed by atoms with E-state index in [4.69, 9.17) is 4.42 Å². The molecule has 1 aliphatic heterocycles. The van der Waals surface area contributed by atoms with Crippen LogP contribution in [0.2, 0.25) is 0 Å². The van der Waals surface area contributed by atoms with Crippen molar-refractivity contribution in [2.75, 3.05) is 32.7 Å². The summed E-state index contributed by atoms with van der Waals surface area (Å²) in [7, 11) is -5.24. The third-order valence-corrected chi connectivity index (χ3v) is 6.25. The predicted octanol–water partition coefficient (Wildman–Crippen LogP) is 3.19. The van der Waals surface area contributed by atoms with Gasteiger partial charge < -0.3 is 15.1 Å². The minimum atomic E-state index is -5.24. The Balaban J connectivity index is 0.00000450. The van der Waals surface area contributed by atoms with Crippen LogP contribution in [0, 0.1) is 11.8 Å². The fourth-order valence-corrected chi connectivity index (χ4v) is 3.93. The maximum atomic E-state index is 12.7. The topological polar surface area (TPSA) is 86.9 Å². The fraction of sp³-hybridized carbons (Fsp3) is 0.722. The number of nitrogens with one attached hydrogen (secondary N) is 2. The van der Waals surface area contributed by atoms with Crippen molar-refractivity contribution < 1.29 is 26.0 Å². The zero-order valence-corrected chi connectivity index (χ0v) is 20.3. The van der Waals surface area contributed by atoms with Crippen molar-refractivity contribution >= 4 is 40.0 Å². The predicted molar refractivity (Wildman–Crippen MR) is 120 cm³/mol. The number of guanidine groups is 1. The average molecular weight is 566 g/mol. The molecule has 0 saturated carbocycles. The Morgan fingerprint density at radius 3 is 2.50 bits per heavy atom. The Kier molecular flexibility index (Phi) is 10.9. The molecular formula is C18H30F3IN4O3S. The number of nitrogens with zero attached hydrogens (tertiary/aromatic N) is 2. The van der Waals surface area contributed by atoms with E-state index in [1.807, 2.05) is 12.1 Å². The van der Waals surface area contributed by atoms with Crippen molar-refractivity contribution in [2.45, 2.75) is 38.6 Å². The van der Waals surface area contributed by atoms with Crippen LogP contribution in [0.1, 0.15) is 32.4 Å². The average Bonchev–Trinajstić information content (AvgIpc) is 3.16. The van der Waals surface area contributed by atoms with Gasteiger partial charge in [0.05, 0.1) is 6.26 Å². The van der Waals surface area contributed by atoms with Crippen molar-refractivity contribution in [3.63, 3.8) is 0 Å². The van der Waals surface area contributed by atoms with Gasteiger partial charge in [-0.2, -0.15) is 17.5 Å². The highest BCUT2D eigenvalue weighted by atomic mass is 127. The van der Waals surface area contributed by atoms with E-state index in [1.165, 1.54) is 0 Å². The molecule has 1 saturated heterocycles. The van der Waals surface area contributed by atoms with Crippen molar-refractivity contribution in [1.29, 1.82) is 0 Å². The van der Waals surface area contributed by atoms with E-state index in [-0.39, 0.29) is 43.0 Å². The normalized spacial score (nSPS) is 17.1. The second kappa shape index (κ2) is 12.1. The third-order valence-electron chi connectivity index (χ3n) is 4.62.